The van der Waals surface area contributed by atoms with Gasteiger partial charge in [0, 0.05) is 0 Å². The zero-order valence-corrected chi connectivity index (χ0v) is 16.4. The van der Waals surface area contributed by atoms with Gasteiger partial charge in [-0.25, -0.2) is 14.4 Å². The Balaban J connectivity index is 1.85. The maximum atomic E-state index is 12.7. The van der Waals surface area contributed by atoms with Gasteiger partial charge in [0.15, 0.2) is 17.1 Å². The highest BCUT2D eigenvalue weighted by atomic mass is 16.6. The number of hydrogen-bond acceptors (Lipinski definition) is 7. The molecule has 0 spiro atoms. The molecule has 0 aliphatic rings. The van der Waals surface area contributed by atoms with Gasteiger partial charge in [-0.1, -0.05) is 42.5 Å². The Morgan fingerprint density at radius 2 is 1.26 bits per heavy atom. The molecule has 0 fully saturated rings. The molecule has 0 radical (unpaired) electrons. The Labute approximate surface area is 176 Å². The van der Waals surface area contributed by atoms with Crippen molar-refractivity contribution >= 4 is 22.9 Å². The van der Waals surface area contributed by atoms with Crippen LogP contribution in [0.5, 0.6) is 17.2 Å². The predicted molar refractivity (Wildman–Crippen MR) is 112 cm³/mol. The predicted octanol–water partition coefficient (Wildman–Crippen LogP) is 4.24. The van der Waals surface area contributed by atoms with E-state index in [9.17, 15) is 14.4 Å². The van der Waals surface area contributed by atoms with Crippen LogP contribution in [-0.2, 0) is 0 Å². The van der Waals surface area contributed by atoms with Gasteiger partial charge < -0.3 is 18.6 Å². The summed E-state index contributed by atoms with van der Waals surface area (Å²) in [6, 6.07) is 21.1. The molecule has 0 aliphatic carbocycles. The summed E-state index contributed by atoms with van der Waals surface area (Å²) in [7, 11) is 1.41. The maximum Gasteiger partial charge on any atom is 0.383 e. The topological polar surface area (TPSA) is 92.0 Å². The van der Waals surface area contributed by atoms with Crippen LogP contribution in [0.4, 0.5) is 0 Å². The molecule has 0 unspecified atom stereocenters. The van der Waals surface area contributed by atoms with Crippen LogP contribution in [0, 0.1) is 0 Å². The van der Waals surface area contributed by atoms with Crippen LogP contribution in [0.3, 0.4) is 0 Å². The van der Waals surface area contributed by atoms with Gasteiger partial charge in [0.1, 0.15) is 0 Å². The van der Waals surface area contributed by atoms with Crippen molar-refractivity contribution in [2.75, 3.05) is 7.11 Å². The van der Waals surface area contributed by atoms with E-state index in [0.717, 1.165) is 0 Å². The molecule has 31 heavy (non-hydrogen) atoms. The van der Waals surface area contributed by atoms with Gasteiger partial charge in [0.25, 0.3) is 5.75 Å². The van der Waals surface area contributed by atoms with Crippen molar-refractivity contribution in [2.24, 2.45) is 0 Å². The second-order valence-corrected chi connectivity index (χ2v) is 6.40. The number of benzene rings is 3. The number of rotatable bonds is 5. The monoisotopic (exact) mass is 416 g/mol. The van der Waals surface area contributed by atoms with Gasteiger partial charge in [0.05, 0.1) is 23.6 Å². The van der Waals surface area contributed by atoms with E-state index in [2.05, 4.69) is 0 Å². The lowest BCUT2D eigenvalue weighted by molar-refractivity contribution is 0.0678. The number of carbonyl (C=O) groups excluding carboxylic acids is 2. The van der Waals surface area contributed by atoms with E-state index < -0.39 is 23.3 Å². The molecule has 3 aromatic carbocycles. The van der Waals surface area contributed by atoms with E-state index in [1.807, 2.05) is 0 Å². The smallest absolute Gasteiger partial charge is 0.383 e. The fraction of sp³-hybridized carbons (Fsp3) is 0.0417. The third kappa shape index (κ3) is 4.02. The summed E-state index contributed by atoms with van der Waals surface area (Å²) in [4.78, 5) is 38.0. The van der Waals surface area contributed by atoms with E-state index in [1.165, 1.54) is 19.2 Å². The van der Waals surface area contributed by atoms with Crippen molar-refractivity contribution < 1.29 is 28.2 Å². The third-order valence-electron chi connectivity index (χ3n) is 4.44. The van der Waals surface area contributed by atoms with Crippen molar-refractivity contribution in [3.63, 3.8) is 0 Å². The summed E-state index contributed by atoms with van der Waals surface area (Å²) in [5.74, 6) is -2.03. The van der Waals surface area contributed by atoms with E-state index in [-0.39, 0.29) is 33.6 Å². The van der Waals surface area contributed by atoms with Gasteiger partial charge in [-0.15, -0.1) is 0 Å². The average Bonchev–Trinajstić information content (AvgIpc) is 2.81. The minimum Gasteiger partial charge on any atom is -0.493 e. The van der Waals surface area contributed by atoms with Gasteiger partial charge in [-0.2, -0.15) is 0 Å². The van der Waals surface area contributed by atoms with Crippen molar-refractivity contribution in [2.45, 2.75) is 0 Å². The maximum absolute atomic E-state index is 12.7. The fourth-order valence-corrected chi connectivity index (χ4v) is 2.96. The van der Waals surface area contributed by atoms with Gasteiger partial charge in [-0.05, 0) is 36.4 Å². The lowest BCUT2D eigenvalue weighted by Gasteiger charge is -2.13. The van der Waals surface area contributed by atoms with E-state index in [1.54, 1.807) is 66.7 Å². The molecule has 0 N–H and O–H groups in total. The van der Waals surface area contributed by atoms with Crippen LogP contribution in [0.2, 0.25) is 0 Å². The Bertz CT molecular complexity index is 1310. The number of para-hydroxylation sites is 1. The van der Waals surface area contributed by atoms with Crippen molar-refractivity contribution in [3.05, 3.63) is 100 Å². The summed E-state index contributed by atoms with van der Waals surface area (Å²) in [6.45, 7) is 0. The lowest BCUT2D eigenvalue weighted by atomic mass is 10.2. The molecule has 0 saturated heterocycles. The second-order valence-electron chi connectivity index (χ2n) is 6.40. The van der Waals surface area contributed by atoms with Crippen LogP contribution >= 0.6 is 0 Å². The van der Waals surface area contributed by atoms with Gasteiger partial charge in [-0.3, -0.25) is 0 Å². The molecule has 0 aliphatic heterocycles. The number of hydrogen-bond donors (Lipinski definition) is 0. The van der Waals surface area contributed by atoms with Crippen LogP contribution in [0.15, 0.2) is 88.1 Å². The normalized spacial score (nSPS) is 10.5. The van der Waals surface area contributed by atoms with Crippen LogP contribution in [0.1, 0.15) is 20.7 Å². The number of carbonyl (C=O) groups is 2. The fourth-order valence-electron chi connectivity index (χ4n) is 2.96. The molecule has 0 bridgehead atoms. The molecule has 154 valence electrons. The number of ether oxygens (including phenoxy) is 3. The Morgan fingerprint density at radius 1 is 0.710 bits per heavy atom. The molecule has 0 atom stereocenters. The summed E-state index contributed by atoms with van der Waals surface area (Å²) in [6.07, 6.45) is 0. The first kappa shape index (κ1) is 19.9. The SMILES string of the molecule is COc1cccc2c(OC(=O)c3ccccc3)c(OC(=O)c3ccccc3)c(=O)oc12. The molecule has 7 nitrogen and oxygen atoms in total. The quantitative estimate of drug-likeness (QED) is 0.355. The third-order valence-corrected chi connectivity index (χ3v) is 4.44. The highest BCUT2D eigenvalue weighted by Crippen LogP contribution is 2.37. The molecule has 4 aromatic rings. The minimum absolute atomic E-state index is 0.0605. The molecular formula is C24H16O7. The molecular weight excluding hydrogens is 400 g/mol. The Hall–Kier alpha value is -4.39. The summed E-state index contributed by atoms with van der Waals surface area (Å²) in [5.41, 5.74) is -0.456. The highest BCUT2D eigenvalue weighted by molar-refractivity contribution is 5.98. The summed E-state index contributed by atoms with van der Waals surface area (Å²) < 4.78 is 21.4. The molecule has 4 rings (SSSR count). The summed E-state index contributed by atoms with van der Waals surface area (Å²) in [5, 5.41) is 0.235. The number of methoxy groups -OCH3 is 1. The first-order chi connectivity index (χ1) is 15.1. The van der Waals surface area contributed by atoms with Crippen LogP contribution in [-0.4, -0.2) is 19.0 Å². The van der Waals surface area contributed by atoms with E-state index in [4.69, 9.17) is 18.6 Å². The first-order valence-corrected chi connectivity index (χ1v) is 9.26. The zero-order chi connectivity index (χ0) is 21.8. The van der Waals surface area contributed by atoms with Crippen LogP contribution in [0.25, 0.3) is 11.0 Å². The molecule has 1 heterocycles. The Morgan fingerprint density at radius 3 is 1.81 bits per heavy atom. The second kappa shape index (κ2) is 8.54. The number of fused-ring (bicyclic) bond motifs is 1. The lowest BCUT2D eigenvalue weighted by Crippen LogP contribution is -2.18. The van der Waals surface area contributed by atoms with Crippen molar-refractivity contribution in [3.8, 4) is 17.2 Å². The standard InChI is InChI=1S/C24H16O7/c1-28-18-14-8-13-17-19(18)29-24(27)21(31-23(26)16-11-6-3-7-12-16)20(17)30-22(25)15-9-4-2-5-10-15/h2-14H,1H3. The molecule has 7 heteroatoms. The number of esters is 2. The molecule has 0 amide bonds. The molecule has 1 aromatic heterocycles. The zero-order valence-electron chi connectivity index (χ0n) is 16.4. The van der Waals surface area contributed by atoms with E-state index >= 15 is 0 Å². The van der Waals surface area contributed by atoms with Crippen LogP contribution < -0.4 is 19.8 Å². The Kier molecular flexibility index (Phi) is 5.49. The van der Waals surface area contributed by atoms with Gasteiger partial charge in [0.2, 0.25) is 0 Å². The summed E-state index contributed by atoms with van der Waals surface area (Å²) >= 11 is 0. The minimum atomic E-state index is -0.989. The van der Waals surface area contributed by atoms with Crippen molar-refractivity contribution in [1.82, 2.24) is 0 Å². The van der Waals surface area contributed by atoms with E-state index in [0.29, 0.717) is 0 Å². The largest absolute Gasteiger partial charge is 0.493 e. The first-order valence-electron chi connectivity index (χ1n) is 9.26. The van der Waals surface area contributed by atoms with Gasteiger partial charge >= 0.3 is 17.6 Å². The van der Waals surface area contributed by atoms with Crippen molar-refractivity contribution in [1.29, 1.82) is 0 Å². The molecule has 0 saturated carbocycles. The highest BCUT2D eigenvalue weighted by Gasteiger charge is 2.25. The average molecular weight is 416 g/mol.